The topological polar surface area (TPSA) is 41.3 Å². The molecule has 1 fully saturated rings. The van der Waals surface area contributed by atoms with Crippen molar-refractivity contribution in [3.05, 3.63) is 22.4 Å². The molecule has 1 aromatic carbocycles. The summed E-state index contributed by atoms with van der Waals surface area (Å²) >= 11 is 3.18. The molecule has 0 saturated carbocycles. The van der Waals surface area contributed by atoms with Gasteiger partial charge in [0.25, 0.3) is 0 Å². The molecule has 0 amide bonds. The Bertz CT molecular complexity index is 417. The van der Waals surface area contributed by atoms with Crippen molar-refractivity contribution >= 4 is 27.3 Å². The number of nitrogen functional groups attached to an aromatic ring is 1. The summed E-state index contributed by atoms with van der Waals surface area (Å²) < 4.78 is 13.7. The Kier molecular flexibility index (Phi) is 5.45. The first-order valence-electron chi connectivity index (χ1n) is 6.87. The van der Waals surface area contributed by atoms with Crippen molar-refractivity contribution in [2.24, 2.45) is 0 Å². The lowest BCUT2D eigenvalue weighted by Crippen LogP contribution is -2.30. The van der Waals surface area contributed by atoms with E-state index >= 15 is 0 Å². The van der Waals surface area contributed by atoms with Gasteiger partial charge in [-0.1, -0.05) is 12.8 Å². The van der Waals surface area contributed by atoms with E-state index in [2.05, 4.69) is 26.1 Å². The highest BCUT2D eigenvalue weighted by atomic mass is 79.9. The van der Waals surface area contributed by atoms with Gasteiger partial charge in [0.15, 0.2) is 0 Å². The molecule has 5 heteroatoms. The van der Waals surface area contributed by atoms with Gasteiger partial charge in [0.2, 0.25) is 0 Å². The molecule has 0 aromatic heterocycles. The molecule has 19 heavy (non-hydrogen) atoms. The number of halogens is 2. The number of likely N-dealkylation sites (tertiary alicyclic amines) is 1. The second-order valence-electron chi connectivity index (χ2n) is 5.04. The van der Waals surface area contributed by atoms with Crippen molar-refractivity contribution in [1.82, 2.24) is 4.90 Å². The van der Waals surface area contributed by atoms with E-state index in [4.69, 9.17) is 5.73 Å². The Morgan fingerprint density at radius 2 is 1.89 bits per heavy atom. The predicted molar refractivity (Wildman–Crippen MR) is 81.9 cm³/mol. The third kappa shape index (κ3) is 4.35. The summed E-state index contributed by atoms with van der Waals surface area (Å²) in [4.78, 5) is 2.48. The molecule has 1 aromatic rings. The quantitative estimate of drug-likeness (QED) is 0.831. The Morgan fingerprint density at radius 1 is 1.21 bits per heavy atom. The van der Waals surface area contributed by atoms with E-state index < -0.39 is 0 Å². The minimum absolute atomic E-state index is 0.324. The molecular weight excluding hydrogens is 309 g/mol. The zero-order valence-electron chi connectivity index (χ0n) is 11.1. The summed E-state index contributed by atoms with van der Waals surface area (Å²) in [5, 5.41) is 3.29. The molecule has 0 atom stereocenters. The monoisotopic (exact) mass is 329 g/mol. The van der Waals surface area contributed by atoms with Gasteiger partial charge in [-0.15, -0.1) is 0 Å². The Balaban J connectivity index is 1.83. The fourth-order valence-electron chi connectivity index (χ4n) is 2.42. The van der Waals surface area contributed by atoms with Crippen molar-refractivity contribution < 1.29 is 4.39 Å². The van der Waals surface area contributed by atoms with Crippen LogP contribution in [-0.4, -0.2) is 31.1 Å². The molecule has 1 aliphatic rings. The second kappa shape index (κ2) is 7.10. The first kappa shape index (κ1) is 14.6. The molecule has 0 spiro atoms. The zero-order valence-corrected chi connectivity index (χ0v) is 12.7. The summed E-state index contributed by atoms with van der Waals surface area (Å²) in [5.74, 6) is -0.324. The van der Waals surface area contributed by atoms with E-state index in [9.17, 15) is 4.39 Å². The maximum atomic E-state index is 13.3. The van der Waals surface area contributed by atoms with Gasteiger partial charge in [-0.3, -0.25) is 0 Å². The minimum atomic E-state index is -0.324. The van der Waals surface area contributed by atoms with E-state index in [1.165, 1.54) is 44.8 Å². The fourth-order valence-corrected chi connectivity index (χ4v) is 2.77. The van der Waals surface area contributed by atoms with Gasteiger partial charge in [-0.25, -0.2) is 4.39 Å². The van der Waals surface area contributed by atoms with Crippen LogP contribution >= 0.6 is 15.9 Å². The molecule has 2 rings (SSSR count). The van der Waals surface area contributed by atoms with E-state index in [1.54, 1.807) is 6.07 Å². The van der Waals surface area contributed by atoms with Gasteiger partial charge < -0.3 is 16.0 Å². The zero-order chi connectivity index (χ0) is 13.7. The first-order chi connectivity index (χ1) is 9.16. The highest BCUT2D eigenvalue weighted by molar-refractivity contribution is 9.10. The Labute approximate surface area is 122 Å². The normalized spacial score (nSPS) is 17.2. The van der Waals surface area contributed by atoms with E-state index in [1.807, 2.05) is 0 Å². The number of nitrogens with one attached hydrogen (secondary N) is 1. The van der Waals surface area contributed by atoms with Gasteiger partial charge in [-0.2, -0.15) is 0 Å². The lowest BCUT2D eigenvalue weighted by molar-refractivity contribution is 0.296. The highest BCUT2D eigenvalue weighted by Crippen LogP contribution is 2.26. The molecule has 0 aliphatic carbocycles. The van der Waals surface area contributed by atoms with Crippen LogP contribution in [0.3, 0.4) is 0 Å². The van der Waals surface area contributed by atoms with Crippen LogP contribution in [0.25, 0.3) is 0 Å². The van der Waals surface area contributed by atoms with Crippen molar-refractivity contribution in [3.63, 3.8) is 0 Å². The standard InChI is InChI=1S/C14H21BrFN3/c15-11-9-14(13(17)10-12(11)16)18-5-8-19-6-3-1-2-4-7-19/h9-10,18H,1-8,17H2. The molecule has 0 radical (unpaired) electrons. The van der Waals surface area contributed by atoms with Crippen LogP contribution in [0.1, 0.15) is 25.7 Å². The van der Waals surface area contributed by atoms with Crippen LogP contribution in [-0.2, 0) is 0 Å². The van der Waals surface area contributed by atoms with E-state index in [0.29, 0.717) is 10.2 Å². The number of nitrogens with zero attached hydrogens (tertiary/aromatic N) is 1. The van der Waals surface area contributed by atoms with Crippen LogP contribution in [0.4, 0.5) is 15.8 Å². The average Bonchev–Trinajstić information content (AvgIpc) is 2.64. The maximum absolute atomic E-state index is 13.3. The largest absolute Gasteiger partial charge is 0.397 e. The highest BCUT2D eigenvalue weighted by Gasteiger charge is 2.09. The lowest BCUT2D eigenvalue weighted by Gasteiger charge is -2.20. The molecule has 3 N–H and O–H groups in total. The number of hydrogen-bond donors (Lipinski definition) is 2. The van der Waals surface area contributed by atoms with Crippen molar-refractivity contribution in [2.75, 3.05) is 37.2 Å². The summed E-state index contributed by atoms with van der Waals surface area (Å²) in [6.45, 7) is 4.21. The van der Waals surface area contributed by atoms with Crippen LogP contribution in [0.2, 0.25) is 0 Å². The summed E-state index contributed by atoms with van der Waals surface area (Å²) in [6.07, 6.45) is 5.29. The SMILES string of the molecule is Nc1cc(F)c(Br)cc1NCCN1CCCCCC1. The predicted octanol–water partition coefficient (Wildman–Crippen LogP) is 3.46. The van der Waals surface area contributed by atoms with E-state index in [-0.39, 0.29) is 5.82 Å². The summed E-state index contributed by atoms with van der Waals surface area (Å²) in [5.41, 5.74) is 7.05. The second-order valence-corrected chi connectivity index (χ2v) is 5.89. The molecule has 0 unspecified atom stereocenters. The van der Waals surface area contributed by atoms with Crippen LogP contribution in [0.15, 0.2) is 16.6 Å². The van der Waals surface area contributed by atoms with Gasteiger partial charge in [0.1, 0.15) is 5.82 Å². The average molecular weight is 330 g/mol. The van der Waals surface area contributed by atoms with Crippen LogP contribution in [0.5, 0.6) is 0 Å². The van der Waals surface area contributed by atoms with Gasteiger partial charge in [0.05, 0.1) is 15.8 Å². The third-order valence-electron chi connectivity index (χ3n) is 3.53. The first-order valence-corrected chi connectivity index (χ1v) is 7.67. The molecule has 3 nitrogen and oxygen atoms in total. The third-order valence-corrected chi connectivity index (χ3v) is 4.14. The van der Waals surface area contributed by atoms with Crippen LogP contribution in [0, 0.1) is 5.82 Å². The molecule has 1 aliphatic heterocycles. The number of anilines is 2. The number of nitrogens with two attached hydrogens (primary N) is 1. The minimum Gasteiger partial charge on any atom is -0.397 e. The van der Waals surface area contributed by atoms with Crippen LogP contribution < -0.4 is 11.1 Å². The van der Waals surface area contributed by atoms with Gasteiger partial charge >= 0.3 is 0 Å². The smallest absolute Gasteiger partial charge is 0.139 e. The summed E-state index contributed by atoms with van der Waals surface area (Å²) in [7, 11) is 0. The molecule has 0 bridgehead atoms. The van der Waals surface area contributed by atoms with Gasteiger partial charge in [0, 0.05) is 19.2 Å². The fraction of sp³-hybridized carbons (Fsp3) is 0.571. The van der Waals surface area contributed by atoms with E-state index in [0.717, 1.165) is 18.8 Å². The van der Waals surface area contributed by atoms with Crippen molar-refractivity contribution in [2.45, 2.75) is 25.7 Å². The molecule has 1 saturated heterocycles. The number of rotatable bonds is 4. The summed E-state index contributed by atoms with van der Waals surface area (Å²) in [6, 6.07) is 3.05. The molecular formula is C14H21BrFN3. The van der Waals surface area contributed by atoms with Crippen molar-refractivity contribution in [3.8, 4) is 0 Å². The number of benzene rings is 1. The molecule has 106 valence electrons. The number of hydrogen-bond acceptors (Lipinski definition) is 3. The maximum Gasteiger partial charge on any atom is 0.139 e. The molecule has 1 heterocycles. The van der Waals surface area contributed by atoms with Crippen molar-refractivity contribution in [1.29, 1.82) is 0 Å². The Morgan fingerprint density at radius 3 is 2.58 bits per heavy atom. The van der Waals surface area contributed by atoms with Gasteiger partial charge in [-0.05, 0) is 47.9 Å². The lowest BCUT2D eigenvalue weighted by atomic mass is 10.2. The Hall–Kier alpha value is -0.810.